The Bertz CT molecular complexity index is 405. The van der Waals surface area contributed by atoms with Crippen LogP contribution >= 0.6 is 11.6 Å². The van der Waals surface area contributed by atoms with E-state index in [1.165, 1.54) is 12.0 Å². The molecule has 0 bridgehead atoms. The third-order valence-electron chi connectivity index (χ3n) is 3.43. The Morgan fingerprint density at radius 2 is 2.17 bits per heavy atom. The summed E-state index contributed by atoms with van der Waals surface area (Å²) in [6.07, 6.45) is 1.19. The van der Waals surface area contributed by atoms with Crippen LogP contribution in [0, 0.1) is 5.92 Å². The molecular weight excluding hydrogens is 246 g/mol. The van der Waals surface area contributed by atoms with Gasteiger partial charge in [-0.15, -0.1) is 0 Å². The van der Waals surface area contributed by atoms with Gasteiger partial charge in [0, 0.05) is 12.5 Å². The summed E-state index contributed by atoms with van der Waals surface area (Å²) in [4.78, 5) is 0. The normalized spacial score (nSPS) is 20.1. The quantitative estimate of drug-likeness (QED) is 0.903. The molecule has 1 aromatic carbocycles. The summed E-state index contributed by atoms with van der Waals surface area (Å²) in [7, 11) is 0. The molecule has 0 saturated carbocycles. The minimum atomic E-state index is 0.123. The summed E-state index contributed by atoms with van der Waals surface area (Å²) in [5, 5.41) is 4.06. The fraction of sp³-hybridized carbons (Fsp3) is 0.600. The first-order valence-corrected chi connectivity index (χ1v) is 6.98. The molecule has 3 heteroatoms. The van der Waals surface area contributed by atoms with Gasteiger partial charge in [0.25, 0.3) is 0 Å². The van der Waals surface area contributed by atoms with Crippen LogP contribution in [0.2, 0.25) is 5.02 Å². The van der Waals surface area contributed by atoms with Crippen molar-refractivity contribution in [2.45, 2.75) is 32.6 Å². The standard InChI is InChI=1S/C15H22ClNO/c1-15(2,3)12-4-5-14(13(16)8-12)18-10-11-6-7-17-9-11/h4-5,8,11,17H,6-7,9-10H2,1-3H3/t11-/m1/s1. The topological polar surface area (TPSA) is 21.3 Å². The van der Waals surface area contributed by atoms with Crippen molar-refractivity contribution < 1.29 is 4.74 Å². The average Bonchev–Trinajstić information content (AvgIpc) is 2.79. The van der Waals surface area contributed by atoms with E-state index in [-0.39, 0.29) is 5.41 Å². The van der Waals surface area contributed by atoms with Crippen molar-refractivity contribution in [2.75, 3.05) is 19.7 Å². The maximum absolute atomic E-state index is 6.28. The van der Waals surface area contributed by atoms with Crippen molar-refractivity contribution >= 4 is 11.6 Å². The fourth-order valence-corrected chi connectivity index (χ4v) is 2.38. The molecule has 0 spiro atoms. The van der Waals surface area contributed by atoms with Crippen LogP contribution in [0.5, 0.6) is 5.75 Å². The Balaban J connectivity index is 2.01. The van der Waals surface area contributed by atoms with Gasteiger partial charge in [-0.25, -0.2) is 0 Å². The van der Waals surface area contributed by atoms with Gasteiger partial charge >= 0.3 is 0 Å². The van der Waals surface area contributed by atoms with Crippen molar-refractivity contribution in [1.29, 1.82) is 0 Å². The third kappa shape index (κ3) is 3.39. The summed E-state index contributed by atoms with van der Waals surface area (Å²) < 4.78 is 5.82. The maximum atomic E-state index is 6.28. The van der Waals surface area contributed by atoms with E-state index >= 15 is 0 Å². The molecule has 0 unspecified atom stereocenters. The van der Waals surface area contributed by atoms with Gasteiger partial charge < -0.3 is 10.1 Å². The van der Waals surface area contributed by atoms with E-state index in [0.717, 1.165) is 25.4 Å². The number of ether oxygens (including phenoxy) is 1. The molecule has 0 radical (unpaired) electrons. The van der Waals surface area contributed by atoms with E-state index in [1.807, 2.05) is 12.1 Å². The highest BCUT2D eigenvalue weighted by Gasteiger charge is 2.17. The van der Waals surface area contributed by atoms with Crippen molar-refractivity contribution in [3.8, 4) is 5.75 Å². The second kappa shape index (κ2) is 5.50. The van der Waals surface area contributed by atoms with Gasteiger partial charge in [0.15, 0.2) is 0 Å². The van der Waals surface area contributed by atoms with Crippen molar-refractivity contribution in [2.24, 2.45) is 5.92 Å². The van der Waals surface area contributed by atoms with E-state index in [4.69, 9.17) is 16.3 Å². The molecule has 1 aliphatic heterocycles. The van der Waals surface area contributed by atoms with Crippen LogP contribution in [0.3, 0.4) is 0 Å². The minimum absolute atomic E-state index is 0.123. The molecule has 1 saturated heterocycles. The fourth-order valence-electron chi connectivity index (χ4n) is 2.15. The van der Waals surface area contributed by atoms with Crippen LogP contribution in [-0.4, -0.2) is 19.7 Å². The second-order valence-electron chi connectivity index (χ2n) is 6.07. The lowest BCUT2D eigenvalue weighted by molar-refractivity contribution is 0.260. The molecule has 0 amide bonds. The Kier molecular flexibility index (Phi) is 4.18. The lowest BCUT2D eigenvalue weighted by Gasteiger charge is -2.20. The SMILES string of the molecule is CC(C)(C)c1ccc(OC[C@@H]2CCNC2)c(Cl)c1. The zero-order valence-electron chi connectivity index (χ0n) is 11.4. The largest absolute Gasteiger partial charge is 0.492 e. The van der Waals surface area contributed by atoms with Gasteiger partial charge in [0.2, 0.25) is 0 Å². The van der Waals surface area contributed by atoms with E-state index in [0.29, 0.717) is 10.9 Å². The molecule has 2 rings (SSSR count). The number of benzene rings is 1. The lowest BCUT2D eigenvalue weighted by Crippen LogP contribution is -2.16. The first kappa shape index (κ1) is 13.7. The minimum Gasteiger partial charge on any atom is -0.492 e. The molecule has 0 aromatic heterocycles. The van der Waals surface area contributed by atoms with E-state index in [9.17, 15) is 0 Å². The summed E-state index contributed by atoms with van der Waals surface area (Å²) >= 11 is 6.28. The van der Waals surface area contributed by atoms with Gasteiger partial charge in [-0.3, -0.25) is 0 Å². The molecule has 18 heavy (non-hydrogen) atoms. The number of hydrogen-bond donors (Lipinski definition) is 1. The van der Waals surface area contributed by atoms with Crippen LogP contribution < -0.4 is 10.1 Å². The summed E-state index contributed by atoms with van der Waals surface area (Å²) in [5.74, 6) is 1.42. The number of halogens is 1. The highest BCUT2D eigenvalue weighted by Crippen LogP contribution is 2.31. The number of rotatable bonds is 3. The predicted molar refractivity (Wildman–Crippen MR) is 76.6 cm³/mol. The van der Waals surface area contributed by atoms with Gasteiger partial charge in [-0.1, -0.05) is 38.4 Å². The summed E-state index contributed by atoms with van der Waals surface area (Å²) in [6, 6.07) is 6.11. The van der Waals surface area contributed by atoms with Gasteiger partial charge in [0.1, 0.15) is 5.75 Å². The molecule has 1 aliphatic rings. The highest BCUT2D eigenvalue weighted by atomic mass is 35.5. The lowest BCUT2D eigenvalue weighted by atomic mass is 9.87. The second-order valence-corrected chi connectivity index (χ2v) is 6.47. The number of hydrogen-bond acceptors (Lipinski definition) is 2. The molecule has 1 heterocycles. The third-order valence-corrected chi connectivity index (χ3v) is 3.73. The molecule has 100 valence electrons. The van der Waals surface area contributed by atoms with E-state index < -0.39 is 0 Å². The molecule has 1 N–H and O–H groups in total. The van der Waals surface area contributed by atoms with Crippen LogP contribution in [0.1, 0.15) is 32.8 Å². The molecule has 1 aromatic rings. The van der Waals surface area contributed by atoms with Crippen LogP contribution in [0.4, 0.5) is 0 Å². The Labute approximate surface area is 115 Å². The van der Waals surface area contributed by atoms with Crippen LogP contribution in [-0.2, 0) is 5.41 Å². The van der Waals surface area contributed by atoms with Crippen molar-refractivity contribution in [3.05, 3.63) is 28.8 Å². The van der Waals surface area contributed by atoms with Gasteiger partial charge in [-0.05, 0) is 36.1 Å². The van der Waals surface area contributed by atoms with Gasteiger partial charge in [0.05, 0.1) is 11.6 Å². The zero-order valence-corrected chi connectivity index (χ0v) is 12.2. The smallest absolute Gasteiger partial charge is 0.137 e. The Morgan fingerprint density at radius 3 is 2.72 bits per heavy atom. The molecular formula is C15H22ClNO. The van der Waals surface area contributed by atoms with E-state index in [2.05, 4.69) is 32.2 Å². The average molecular weight is 268 g/mol. The molecule has 1 atom stereocenters. The van der Waals surface area contributed by atoms with Crippen molar-refractivity contribution in [1.82, 2.24) is 5.32 Å². The molecule has 2 nitrogen and oxygen atoms in total. The molecule has 1 fully saturated rings. The zero-order chi connectivity index (χ0) is 13.2. The first-order valence-electron chi connectivity index (χ1n) is 6.60. The van der Waals surface area contributed by atoms with Crippen LogP contribution in [0.25, 0.3) is 0 Å². The Hall–Kier alpha value is -0.730. The molecule has 0 aliphatic carbocycles. The highest BCUT2D eigenvalue weighted by molar-refractivity contribution is 6.32. The first-order chi connectivity index (χ1) is 8.47. The summed E-state index contributed by atoms with van der Waals surface area (Å²) in [5.41, 5.74) is 1.36. The van der Waals surface area contributed by atoms with E-state index in [1.54, 1.807) is 0 Å². The number of nitrogens with one attached hydrogen (secondary N) is 1. The maximum Gasteiger partial charge on any atom is 0.137 e. The Morgan fingerprint density at radius 1 is 1.39 bits per heavy atom. The summed E-state index contributed by atoms with van der Waals surface area (Å²) in [6.45, 7) is 9.46. The van der Waals surface area contributed by atoms with Gasteiger partial charge in [-0.2, -0.15) is 0 Å². The van der Waals surface area contributed by atoms with Crippen molar-refractivity contribution in [3.63, 3.8) is 0 Å². The van der Waals surface area contributed by atoms with Crippen LogP contribution in [0.15, 0.2) is 18.2 Å². The monoisotopic (exact) mass is 267 g/mol. The predicted octanol–water partition coefficient (Wildman–Crippen LogP) is 3.63.